The van der Waals surface area contributed by atoms with Gasteiger partial charge < -0.3 is 9.84 Å². The van der Waals surface area contributed by atoms with E-state index >= 15 is 0 Å². The first-order chi connectivity index (χ1) is 8.74. The Morgan fingerprint density at radius 3 is 3.06 bits per heavy atom. The zero-order chi connectivity index (χ0) is 12.5. The summed E-state index contributed by atoms with van der Waals surface area (Å²) >= 11 is 0. The first kappa shape index (κ1) is 11.3. The van der Waals surface area contributed by atoms with Crippen molar-refractivity contribution in [1.29, 1.82) is 0 Å². The first-order valence-corrected chi connectivity index (χ1v) is 6.07. The van der Waals surface area contributed by atoms with Crippen LogP contribution in [0.15, 0.2) is 22.7 Å². The molecule has 0 saturated carbocycles. The molecule has 4 nitrogen and oxygen atoms in total. The van der Waals surface area contributed by atoms with Crippen molar-refractivity contribution in [3.63, 3.8) is 0 Å². The number of halogens is 1. The fourth-order valence-electron chi connectivity index (χ4n) is 2.12. The Hall–Kier alpha value is -1.75. The van der Waals surface area contributed by atoms with Gasteiger partial charge in [-0.1, -0.05) is 17.3 Å². The molecule has 1 saturated heterocycles. The Kier molecular flexibility index (Phi) is 2.83. The summed E-state index contributed by atoms with van der Waals surface area (Å²) in [4.78, 5) is 4.33. The Balaban J connectivity index is 1.89. The number of nitrogens with one attached hydrogen (secondary N) is 1. The third-order valence-electron chi connectivity index (χ3n) is 3.23. The van der Waals surface area contributed by atoms with Gasteiger partial charge in [-0.05, 0) is 37.9 Å². The summed E-state index contributed by atoms with van der Waals surface area (Å²) in [7, 11) is 0. The number of aromatic nitrogens is 2. The highest BCUT2D eigenvalue weighted by molar-refractivity contribution is 5.54. The third-order valence-corrected chi connectivity index (χ3v) is 3.23. The lowest BCUT2D eigenvalue weighted by Crippen LogP contribution is -2.12. The monoisotopic (exact) mass is 247 g/mol. The zero-order valence-electron chi connectivity index (χ0n) is 10.1. The molecule has 1 aliphatic heterocycles. The van der Waals surface area contributed by atoms with E-state index in [1.807, 2.05) is 0 Å². The minimum absolute atomic E-state index is 0.140. The van der Waals surface area contributed by atoms with Crippen molar-refractivity contribution in [3.05, 3.63) is 35.5 Å². The SMILES string of the molecule is Cc1ccc(-c2noc(C3CCCN3)n2)cc1F. The predicted molar refractivity (Wildman–Crippen MR) is 64.4 cm³/mol. The van der Waals surface area contributed by atoms with Gasteiger partial charge in [-0.25, -0.2) is 4.39 Å². The summed E-state index contributed by atoms with van der Waals surface area (Å²) in [6.45, 7) is 2.70. The quantitative estimate of drug-likeness (QED) is 0.886. The lowest BCUT2D eigenvalue weighted by atomic mass is 10.1. The van der Waals surface area contributed by atoms with Gasteiger partial charge in [-0.15, -0.1) is 0 Å². The Morgan fingerprint density at radius 2 is 2.33 bits per heavy atom. The number of nitrogens with zero attached hydrogens (tertiary/aromatic N) is 2. The molecule has 0 bridgehead atoms. The van der Waals surface area contributed by atoms with Gasteiger partial charge in [0.2, 0.25) is 11.7 Å². The topological polar surface area (TPSA) is 51.0 Å². The van der Waals surface area contributed by atoms with Gasteiger partial charge in [-0.2, -0.15) is 4.98 Å². The molecule has 0 amide bonds. The molecule has 1 unspecified atom stereocenters. The van der Waals surface area contributed by atoms with Crippen LogP contribution in [0.3, 0.4) is 0 Å². The molecule has 1 aliphatic rings. The Bertz CT molecular complexity index is 561. The van der Waals surface area contributed by atoms with E-state index in [2.05, 4.69) is 15.5 Å². The zero-order valence-corrected chi connectivity index (χ0v) is 10.1. The maximum absolute atomic E-state index is 13.5. The molecule has 0 aliphatic carbocycles. The smallest absolute Gasteiger partial charge is 0.244 e. The number of hydrogen-bond acceptors (Lipinski definition) is 4. The van der Waals surface area contributed by atoms with Crippen molar-refractivity contribution >= 4 is 0 Å². The van der Waals surface area contributed by atoms with Crippen molar-refractivity contribution < 1.29 is 8.91 Å². The highest BCUT2D eigenvalue weighted by atomic mass is 19.1. The maximum atomic E-state index is 13.5. The first-order valence-electron chi connectivity index (χ1n) is 6.07. The summed E-state index contributed by atoms with van der Waals surface area (Å²) in [5, 5.41) is 7.20. The van der Waals surface area contributed by atoms with Crippen molar-refractivity contribution in [3.8, 4) is 11.4 Å². The molecule has 1 atom stereocenters. The van der Waals surface area contributed by atoms with Gasteiger partial charge in [0, 0.05) is 5.56 Å². The lowest BCUT2D eigenvalue weighted by molar-refractivity contribution is 0.345. The molecule has 1 fully saturated rings. The molecule has 1 aromatic carbocycles. The summed E-state index contributed by atoms with van der Waals surface area (Å²) in [6.07, 6.45) is 2.12. The van der Waals surface area contributed by atoms with E-state index in [0.29, 0.717) is 22.8 Å². The van der Waals surface area contributed by atoms with E-state index in [-0.39, 0.29) is 11.9 Å². The summed E-state index contributed by atoms with van der Waals surface area (Å²) in [5.74, 6) is 0.777. The van der Waals surface area contributed by atoms with Crippen LogP contribution >= 0.6 is 0 Å². The van der Waals surface area contributed by atoms with Crippen LogP contribution in [0.1, 0.15) is 30.3 Å². The number of hydrogen-bond donors (Lipinski definition) is 1. The van der Waals surface area contributed by atoms with Crippen LogP contribution in [-0.4, -0.2) is 16.7 Å². The molecule has 94 valence electrons. The Morgan fingerprint density at radius 1 is 1.44 bits per heavy atom. The van der Waals surface area contributed by atoms with Crippen LogP contribution in [-0.2, 0) is 0 Å². The molecular formula is C13H14FN3O. The van der Waals surface area contributed by atoms with Crippen LogP contribution in [0, 0.1) is 12.7 Å². The van der Waals surface area contributed by atoms with Crippen molar-refractivity contribution in [1.82, 2.24) is 15.5 Å². The highest BCUT2D eigenvalue weighted by Gasteiger charge is 2.22. The van der Waals surface area contributed by atoms with Gasteiger partial charge in [0.15, 0.2) is 0 Å². The Labute approximate surface area is 104 Å². The van der Waals surface area contributed by atoms with E-state index in [4.69, 9.17) is 4.52 Å². The van der Waals surface area contributed by atoms with Crippen LogP contribution in [0.2, 0.25) is 0 Å². The normalized spacial score (nSPS) is 19.3. The second kappa shape index (κ2) is 4.49. The number of aryl methyl sites for hydroxylation is 1. The fraction of sp³-hybridized carbons (Fsp3) is 0.385. The average molecular weight is 247 g/mol. The van der Waals surface area contributed by atoms with Crippen molar-refractivity contribution in [2.45, 2.75) is 25.8 Å². The van der Waals surface area contributed by atoms with Gasteiger partial charge in [0.05, 0.1) is 6.04 Å². The van der Waals surface area contributed by atoms with Gasteiger partial charge in [-0.3, -0.25) is 0 Å². The maximum Gasteiger partial charge on any atom is 0.244 e. The standard InChI is InChI=1S/C13H14FN3O/c1-8-4-5-9(7-10(8)14)12-16-13(18-17-12)11-3-2-6-15-11/h4-5,7,11,15H,2-3,6H2,1H3. The van der Waals surface area contributed by atoms with Crippen molar-refractivity contribution in [2.24, 2.45) is 0 Å². The van der Waals surface area contributed by atoms with E-state index < -0.39 is 0 Å². The molecule has 1 aromatic heterocycles. The molecular weight excluding hydrogens is 233 g/mol. The molecule has 0 spiro atoms. The van der Waals surface area contributed by atoms with E-state index in [0.717, 1.165) is 19.4 Å². The third kappa shape index (κ3) is 2.01. The number of rotatable bonds is 2. The van der Waals surface area contributed by atoms with Gasteiger partial charge in [0.1, 0.15) is 5.82 Å². The predicted octanol–water partition coefficient (Wildman–Crippen LogP) is 2.61. The number of benzene rings is 1. The molecule has 5 heteroatoms. The van der Waals surface area contributed by atoms with Crippen molar-refractivity contribution in [2.75, 3.05) is 6.54 Å². The average Bonchev–Trinajstić information content (AvgIpc) is 3.01. The van der Waals surface area contributed by atoms with Crippen LogP contribution in [0.5, 0.6) is 0 Å². The largest absolute Gasteiger partial charge is 0.337 e. The minimum atomic E-state index is -0.252. The fourth-order valence-corrected chi connectivity index (χ4v) is 2.12. The summed E-state index contributed by atoms with van der Waals surface area (Å²) in [6, 6.07) is 5.09. The summed E-state index contributed by atoms with van der Waals surface area (Å²) < 4.78 is 18.7. The lowest BCUT2D eigenvalue weighted by Gasteiger charge is -2.01. The second-order valence-electron chi connectivity index (χ2n) is 4.57. The van der Waals surface area contributed by atoms with E-state index in [1.54, 1.807) is 19.1 Å². The van der Waals surface area contributed by atoms with Gasteiger partial charge in [0.25, 0.3) is 0 Å². The van der Waals surface area contributed by atoms with E-state index in [1.165, 1.54) is 6.07 Å². The summed E-state index contributed by atoms with van der Waals surface area (Å²) in [5.41, 5.74) is 1.26. The molecule has 0 radical (unpaired) electrons. The van der Waals surface area contributed by atoms with Crippen LogP contribution < -0.4 is 5.32 Å². The van der Waals surface area contributed by atoms with Crippen LogP contribution in [0.25, 0.3) is 11.4 Å². The molecule has 18 heavy (non-hydrogen) atoms. The second-order valence-corrected chi connectivity index (χ2v) is 4.57. The van der Waals surface area contributed by atoms with Gasteiger partial charge >= 0.3 is 0 Å². The molecule has 2 heterocycles. The van der Waals surface area contributed by atoms with Crippen LogP contribution in [0.4, 0.5) is 4.39 Å². The molecule has 1 N–H and O–H groups in total. The molecule has 3 rings (SSSR count). The highest BCUT2D eigenvalue weighted by Crippen LogP contribution is 2.24. The molecule has 2 aromatic rings. The minimum Gasteiger partial charge on any atom is -0.337 e. The van der Waals surface area contributed by atoms with E-state index in [9.17, 15) is 4.39 Å².